The smallest absolute Gasteiger partial charge is 0.271 e. The van der Waals surface area contributed by atoms with E-state index in [4.69, 9.17) is 32.7 Å². The first-order valence-electron chi connectivity index (χ1n) is 17.3. The van der Waals surface area contributed by atoms with Crippen LogP contribution in [0.25, 0.3) is 0 Å². The van der Waals surface area contributed by atoms with Gasteiger partial charge in [0.2, 0.25) is 11.8 Å². The van der Waals surface area contributed by atoms with Crippen LogP contribution >= 0.6 is 23.2 Å². The van der Waals surface area contributed by atoms with E-state index >= 15 is 4.79 Å². The number of ether oxygens (including phenoxy) is 2. The highest BCUT2D eigenvalue weighted by molar-refractivity contribution is 6.36. The van der Waals surface area contributed by atoms with Gasteiger partial charge in [0, 0.05) is 28.6 Å². The van der Waals surface area contributed by atoms with Crippen molar-refractivity contribution in [1.29, 1.82) is 0 Å². The van der Waals surface area contributed by atoms with E-state index in [2.05, 4.69) is 5.43 Å². The van der Waals surface area contributed by atoms with E-state index in [9.17, 15) is 29.6 Å². The highest BCUT2D eigenvalue weighted by Crippen LogP contribution is 2.65. The van der Waals surface area contributed by atoms with Gasteiger partial charge in [-0.1, -0.05) is 53.1 Å². The highest BCUT2D eigenvalue weighted by atomic mass is 35.5. The van der Waals surface area contributed by atoms with E-state index in [0.29, 0.717) is 27.7 Å². The molecule has 4 aromatic carbocycles. The number of hydrogen-bond donors (Lipinski definition) is 2. The molecule has 280 valence electrons. The second-order valence-electron chi connectivity index (χ2n) is 13.9. The fourth-order valence-corrected chi connectivity index (χ4v) is 9.53. The molecule has 2 aliphatic carbocycles. The summed E-state index contributed by atoms with van der Waals surface area (Å²) in [6, 6.07) is 21.3. The average molecular weight is 784 g/mol. The van der Waals surface area contributed by atoms with Crippen molar-refractivity contribution >= 4 is 63.9 Å². The van der Waals surface area contributed by atoms with Crippen molar-refractivity contribution < 1.29 is 38.7 Å². The van der Waals surface area contributed by atoms with Gasteiger partial charge in [0.05, 0.1) is 58.7 Å². The van der Waals surface area contributed by atoms with Gasteiger partial charge in [-0.3, -0.25) is 34.7 Å². The fourth-order valence-electron chi connectivity index (χ4n) is 9.08. The Balaban J connectivity index is 1.34. The molecule has 0 radical (unpaired) electrons. The number of anilines is 2. The lowest BCUT2D eigenvalue weighted by Crippen LogP contribution is -2.53. The van der Waals surface area contributed by atoms with Crippen LogP contribution in [-0.2, 0) is 24.6 Å². The number of halogens is 2. The monoisotopic (exact) mass is 782 g/mol. The molecule has 2 heterocycles. The van der Waals surface area contributed by atoms with E-state index in [1.165, 1.54) is 56.7 Å². The molecule has 0 spiro atoms. The number of nitro groups is 1. The number of imide groups is 2. The minimum absolute atomic E-state index is 0.0286. The van der Waals surface area contributed by atoms with Crippen molar-refractivity contribution in [2.24, 2.45) is 23.7 Å². The number of carbonyl (C=O) groups is 4. The number of nitrogens with zero attached hydrogens (tertiary/aromatic N) is 3. The van der Waals surface area contributed by atoms with Gasteiger partial charge in [0.15, 0.2) is 0 Å². The zero-order chi connectivity index (χ0) is 38.9. The average Bonchev–Trinajstić information content (AvgIpc) is 3.56. The first kappa shape index (κ1) is 36.1. The molecule has 1 saturated carbocycles. The maximum absolute atomic E-state index is 15.4. The molecule has 0 aromatic heterocycles. The van der Waals surface area contributed by atoms with Gasteiger partial charge in [-0.2, -0.15) is 5.01 Å². The predicted octanol–water partition coefficient (Wildman–Crippen LogP) is 6.81. The van der Waals surface area contributed by atoms with Gasteiger partial charge in [-0.15, -0.1) is 0 Å². The first-order chi connectivity index (χ1) is 26.4. The molecule has 6 unspecified atom stereocenters. The number of nitro benzene ring substituents is 1. The molecule has 2 N–H and O–H groups in total. The van der Waals surface area contributed by atoms with Gasteiger partial charge < -0.3 is 14.6 Å². The number of amides is 4. The SMILES string of the molecule is COc1ccc(C23C(=O)N(Nc4ccc(Cl)cc4Cl)C(=O)C2CC2C(=CCC4C(=O)N(c5cccc([N+](=O)[O-])c5)C(=O)C42)C3c2cc(OC)ccc2O)cc1. The standard InChI is InChI=1S/C40H32Cl2N4O9/c1-54-24-9-6-20(7-10-24)40-30(37(49)45(39(40)51)43-32-14-8-21(41)16-31(32)42)19-28-26(35(40)29-18-25(55-2)11-15-33(29)47)12-13-27-34(28)38(50)44(36(27)48)22-4-3-5-23(17-22)46(52)53/h3-12,14-18,27-28,30,34-35,43,47H,13,19H2,1-2H3. The Kier molecular flexibility index (Phi) is 8.81. The number of allylic oxidation sites excluding steroid dienone is 2. The third kappa shape index (κ3) is 5.43. The Morgan fingerprint density at radius 2 is 1.60 bits per heavy atom. The lowest BCUT2D eigenvalue weighted by molar-refractivity contribution is -0.384. The van der Waals surface area contributed by atoms with E-state index in [-0.39, 0.29) is 46.2 Å². The Hall–Kier alpha value is -5.92. The summed E-state index contributed by atoms with van der Waals surface area (Å²) >= 11 is 12.7. The van der Waals surface area contributed by atoms with Crippen LogP contribution in [0.1, 0.15) is 29.9 Å². The number of fused-ring (bicyclic) bond motifs is 4. The molecular formula is C40H32Cl2N4O9. The number of phenolic OH excluding ortho intramolecular Hbond substituents is 1. The molecule has 4 amide bonds. The number of nitrogens with one attached hydrogen (secondary N) is 1. The van der Waals surface area contributed by atoms with E-state index in [1.807, 2.05) is 6.08 Å². The number of hydrogen-bond acceptors (Lipinski definition) is 10. The Bertz CT molecular complexity index is 2350. The van der Waals surface area contributed by atoms with Gasteiger partial charge >= 0.3 is 0 Å². The van der Waals surface area contributed by atoms with Crippen molar-refractivity contribution in [2.45, 2.75) is 24.2 Å². The molecule has 55 heavy (non-hydrogen) atoms. The van der Waals surface area contributed by atoms with Crippen LogP contribution in [0.4, 0.5) is 17.1 Å². The van der Waals surface area contributed by atoms with Crippen molar-refractivity contribution in [1.82, 2.24) is 5.01 Å². The second-order valence-corrected chi connectivity index (χ2v) is 14.8. The van der Waals surface area contributed by atoms with Crippen LogP contribution in [0.2, 0.25) is 10.0 Å². The number of phenols is 1. The summed E-state index contributed by atoms with van der Waals surface area (Å²) < 4.78 is 11.0. The van der Waals surface area contributed by atoms with Crippen LogP contribution in [0.5, 0.6) is 17.2 Å². The number of methoxy groups -OCH3 is 2. The van der Waals surface area contributed by atoms with Crippen LogP contribution in [0.3, 0.4) is 0 Å². The van der Waals surface area contributed by atoms with Crippen molar-refractivity contribution in [3.8, 4) is 17.2 Å². The topological polar surface area (TPSA) is 169 Å². The zero-order valence-electron chi connectivity index (χ0n) is 29.3. The van der Waals surface area contributed by atoms with Crippen LogP contribution in [0.15, 0.2) is 96.6 Å². The van der Waals surface area contributed by atoms with Gasteiger partial charge in [-0.05, 0) is 78.9 Å². The van der Waals surface area contributed by atoms with E-state index < -0.39 is 63.6 Å². The Labute approximate surface area is 324 Å². The maximum atomic E-state index is 15.4. The number of non-ortho nitro benzene ring substituents is 1. The molecule has 3 fully saturated rings. The fraction of sp³-hybridized carbons (Fsp3) is 0.250. The number of carbonyl (C=O) groups excluding carboxylic acids is 4. The number of hydrazine groups is 1. The van der Waals surface area contributed by atoms with Crippen LogP contribution < -0.4 is 19.8 Å². The Morgan fingerprint density at radius 1 is 0.873 bits per heavy atom. The molecule has 2 aliphatic heterocycles. The summed E-state index contributed by atoms with van der Waals surface area (Å²) in [6.07, 6.45) is 1.91. The number of benzene rings is 4. The van der Waals surface area contributed by atoms with Crippen LogP contribution in [-0.4, -0.2) is 52.9 Å². The molecule has 15 heteroatoms. The largest absolute Gasteiger partial charge is 0.508 e. The predicted molar refractivity (Wildman–Crippen MR) is 201 cm³/mol. The summed E-state index contributed by atoms with van der Waals surface area (Å²) in [4.78, 5) is 71.0. The number of rotatable bonds is 8. The third-order valence-corrected chi connectivity index (χ3v) is 12.0. The molecule has 6 atom stereocenters. The quantitative estimate of drug-likeness (QED) is 0.0838. The van der Waals surface area contributed by atoms with Crippen molar-refractivity contribution in [3.05, 3.63) is 128 Å². The molecule has 2 saturated heterocycles. The van der Waals surface area contributed by atoms with E-state index in [1.54, 1.807) is 42.5 Å². The maximum Gasteiger partial charge on any atom is 0.271 e. The molecule has 0 bridgehead atoms. The normalized spacial score (nSPS) is 25.6. The summed E-state index contributed by atoms with van der Waals surface area (Å²) in [5, 5.41) is 24.7. The summed E-state index contributed by atoms with van der Waals surface area (Å²) in [6.45, 7) is 0. The van der Waals surface area contributed by atoms with Gasteiger partial charge in [0.25, 0.3) is 17.5 Å². The lowest BCUT2D eigenvalue weighted by Gasteiger charge is -2.50. The molecule has 13 nitrogen and oxygen atoms in total. The van der Waals surface area contributed by atoms with Crippen molar-refractivity contribution in [2.75, 3.05) is 24.5 Å². The minimum atomic E-state index is -1.71. The molecule has 4 aromatic rings. The second kappa shape index (κ2) is 13.4. The first-order valence-corrected chi connectivity index (χ1v) is 18.1. The molecule has 8 rings (SSSR count). The minimum Gasteiger partial charge on any atom is -0.508 e. The highest BCUT2D eigenvalue weighted by Gasteiger charge is 2.70. The van der Waals surface area contributed by atoms with Gasteiger partial charge in [0.1, 0.15) is 17.2 Å². The number of aromatic hydroxyl groups is 1. The van der Waals surface area contributed by atoms with Crippen molar-refractivity contribution in [3.63, 3.8) is 0 Å². The lowest BCUT2D eigenvalue weighted by atomic mass is 9.49. The molecule has 4 aliphatic rings. The Morgan fingerprint density at radius 3 is 2.29 bits per heavy atom. The van der Waals surface area contributed by atoms with E-state index in [0.717, 1.165) is 9.91 Å². The summed E-state index contributed by atoms with van der Waals surface area (Å²) in [5.74, 6) is -6.44. The molecular weight excluding hydrogens is 751 g/mol. The summed E-state index contributed by atoms with van der Waals surface area (Å²) in [5.41, 5.74) is 2.54. The third-order valence-electron chi connectivity index (χ3n) is 11.4. The van der Waals surface area contributed by atoms with Crippen LogP contribution in [0, 0.1) is 33.8 Å². The summed E-state index contributed by atoms with van der Waals surface area (Å²) in [7, 11) is 2.97. The van der Waals surface area contributed by atoms with Gasteiger partial charge in [-0.25, -0.2) is 4.90 Å². The zero-order valence-corrected chi connectivity index (χ0v) is 30.8.